The Kier molecular flexibility index (Phi) is 1.95. The van der Waals surface area contributed by atoms with Gasteiger partial charge in [-0.25, -0.2) is 4.98 Å². The first kappa shape index (κ1) is 9.08. The zero-order valence-corrected chi connectivity index (χ0v) is 8.50. The summed E-state index contributed by atoms with van der Waals surface area (Å²) >= 11 is 0. The van der Waals surface area contributed by atoms with E-state index in [-0.39, 0.29) is 5.91 Å². The van der Waals surface area contributed by atoms with Gasteiger partial charge in [-0.2, -0.15) is 15.4 Å². The molecule has 2 aromatic heterocycles. The Balaban J connectivity index is 1.81. The molecule has 1 aliphatic heterocycles. The molecule has 1 N–H and O–H groups in total. The smallest absolute Gasteiger partial charge is 0.276 e. The Morgan fingerprint density at radius 1 is 1.44 bits per heavy atom. The van der Waals surface area contributed by atoms with Crippen LogP contribution in [0.1, 0.15) is 16.3 Å². The standard InChI is InChI=1S/C9H10N6O/c16-9(7-5-11-13-12-7)15-4-3-14-2-1-10-8(14)6-15/h1-2,5H,3-4,6H2,(H,11,12,13). The molecule has 0 bridgehead atoms. The third kappa shape index (κ3) is 1.37. The lowest BCUT2D eigenvalue weighted by Gasteiger charge is -2.26. The van der Waals surface area contributed by atoms with Gasteiger partial charge in [-0.1, -0.05) is 0 Å². The molecule has 0 aliphatic carbocycles. The Bertz CT molecular complexity index is 502. The van der Waals surface area contributed by atoms with E-state index in [9.17, 15) is 4.79 Å². The molecular formula is C9H10N6O. The Labute approximate surface area is 91.1 Å². The van der Waals surface area contributed by atoms with Crippen molar-refractivity contribution >= 4 is 5.91 Å². The molecule has 3 heterocycles. The van der Waals surface area contributed by atoms with Crippen molar-refractivity contribution in [2.24, 2.45) is 0 Å². The molecule has 2 aromatic rings. The number of aromatic amines is 1. The molecule has 16 heavy (non-hydrogen) atoms. The second-order valence-electron chi connectivity index (χ2n) is 3.62. The molecule has 7 heteroatoms. The maximum Gasteiger partial charge on any atom is 0.276 e. The highest BCUT2D eigenvalue weighted by atomic mass is 16.2. The van der Waals surface area contributed by atoms with Gasteiger partial charge in [0.15, 0.2) is 5.69 Å². The topological polar surface area (TPSA) is 79.7 Å². The number of nitrogens with one attached hydrogen (secondary N) is 1. The first-order valence-electron chi connectivity index (χ1n) is 4.99. The number of nitrogens with zero attached hydrogens (tertiary/aromatic N) is 5. The molecule has 1 amide bonds. The fourth-order valence-corrected chi connectivity index (χ4v) is 1.81. The predicted octanol–water partition coefficient (Wildman–Crippen LogP) is -0.343. The third-order valence-corrected chi connectivity index (χ3v) is 2.67. The molecule has 0 spiro atoms. The molecule has 0 saturated heterocycles. The number of hydrogen-bond acceptors (Lipinski definition) is 4. The SMILES string of the molecule is O=C(c1cn[nH]n1)N1CCn2ccnc2C1. The van der Waals surface area contributed by atoms with Crippen LogP contribution in [-0.2, 0) is 13.1 Å². The second-order valence-corrected chi connectivity index (χ2v) is 3.62. The van der Waals surface area contributed by atoms with E-state index in [0.29, 0.717) is 18.8 Å². The predicted molar refractivity (Wildman–Crippen MR) is 53.4 cm³/mol. The summed E-state index contributed by atoms with van der Waals surface area (Å²) in [6, 6.07) is 0. The minimum absolute atomic E-state index is 0.108. The zero-order valence-electron chi connectivity index (χ0n) is 8.50. The average Bonchev–Trinajstić information content (AvgIpc) is 2.98. The minimum Gasteiger partial charge on any atom is -0.332 e. The van der Waals surface area contributed by atoms with Gasteiger partial charge in [-0.15, -0.1) is 0 Å². The van der Waals surface area contributed by atoms with Crippen molar-refractivity contribution < 1.29 is 4.79 Å². The summed E-state index contributed by atoms with van der Waals surface area (Å²) in [6.07, 6.45) is 5.11. The van der Waals surface area contributed by atoms with Crippen molar-refractivity contribution in [2.45, 2.75) is 13.1 Å². The monoisotopic (exact) mass is 218 g/mol. The van der Waals surface area contributed by atoms with Crippen LogP contribution in [0.4, 0.5) is 0 Å². The summed E-state index contributed by atoms with van der Waals surface area (Å²) in [7, 11) is 0. The first-order valence-corrected chi connectivity index (χ1v) is 4.99. The summed E-state index contributed by atoms with van der Waals surface area (Å²) in [4.78, 5) is 17.9. The summed E-state index contributed by atoms with van der Waals surface area (Å²) < 4.78 is 2.05. The van der Waals surface area contributed by atoms with Crippen LogP contribution in [-0.4, -0.2) is 42.3 Å². The van der Waals surface area contributed by atoms with Gasteiger partial charge in [0.05, 0.1) is 12.7 Å². The number of amides is 1. The quantitative estimate of drug-likeness (QED) is 0.710. The fourth-order valence-electron chi connectivity index (χ4n) is 1.81. The second kappa shape index (κ2) is 3.44. The van der Waals surface area contributed by atoms with Gasteiger partial charge in [-0.3, -0.25) is 4.79 Å². The zero-order chi connectivity index (χ0) is 11.0. The van der Waals surface area contributed by atoms with Gasteiger partial charge in [-0.05, 0) is 0 Å². The van der Waals surface area contributed by atoms with Gasteiger partial charge >= 0.3 is 0 Å². The van der Waals surface area contributed by atoms with Crippen molar-refractivity contribution in [1.82, 2.24) is 29.9 Å². The van der Waals surface area contributed by atoms with Crippen molar-refractivity contribution in [3.05, 3.63) is 30.1 Å². The van der Waals surface area contributed by atoms with Crippen molar-refractivity contribution in [3.63, 3.8) is 0 Å². The highest BCUT2D eigenvalue weighted by Gasteiger charge is 2.23. The molecule has 7 nitrogen and oxygen atoms in total. The number of carbonyl (C=O) groups excluding carboxylic acids is 1. The van der Waals surface area contributed by atoms with Crippen LogP contribution in [0, 0.1) is 0 Å². The van der Waals surface area contributed by atoms with E-state index in [1.165, 1.54) is 6.20 Å². The largest absolute Gasteiger partial charge is 0.332 e. The molecule has 0 saturated carbocycles. The van der Waals surface area contributed by atoms with Crippen LogP contribution < -0.4 is 0 Å². The van der Waals surface area contributed by atoms with Gasteiger partial charge < -0.3 is 9.47 Å². The Morgan fingerprint density at radius 3 is 3.19 bits per heavy atom. The molecule has 0 aromatic carbocycles. The number of imidazole rings is 1. The molecule has 1 aliphatic rings. The number of H-pyrrole nitrogens is 1. The van der Waals surface area contributed by atoms with Crippen molar-refractivity contribution in [3.8, 4) is 0 Å². The molecule has 82 valence electrons. The molecule has 0 atom stereocenters. The minimum atomic E-state index is -0.108. The van der Waals surface area contributed by atoms with E-state index in [0.717, 1.165) is 12.4 Å². The maximum atomic E-state index is 12.0. The van der Waals surface area contributed by atoms with Crippen LogP contribution in [0.3, 0.4) is 0 Å². The van der Waals surface area contributed by atoms with Gasteiger partial charge in [0.2, 0.25) is 0 Å². The number of carbonyl (C=O) groups is 1. The van der Waals surface area contributed by atoms with Gasteiger partial charge in [0.1, 0.15) is 5.82 Å². The van der Waals surface area contributed by atoms with Crippen LogP contribution in [0.15, 0.2) is 18.6 Å². The van der Waals surface area contributed by atoms with E-state index in [1.54, 1.807) is 11.1 Å². The molecule has 0 unspecified atom stereocenters. The van der Waals surface area contributed by atoms with Crippen LogP contribution in [0.2, 0.25) is 0 Å². The lowest BCUT2D eigenvalue weighted by atomic mass is 10.3. The number of fused-ring (bicyclic) bond motifs is 1. The normalized spacial score (nSPS) is 14.9. The summed E-state index contributed by atoms with van der Waals surface area (Å²) in [6.45, 7) is 1.98. The van der Waals surface area contributed by atoms with Gasteiger partial charge in [0.25, 0.3) is 5.91 Å². The molecular weight excluding hydrogens is 208 g/mol. The van der Waals surface area contributed by atoms with E-state index in [4.69, 9.17) is 0 Å². The van der Waals surface area contributed by atoms with Crippen LogP contribution in [0.25, 0.3) is 0 Å². The number of rotatable bonds is 1. The van der Waals surface area contributed by atoms with Gasteiger partial charge in [0, 0.05) is 25.5 Å². The first-order chi connectivity index (χ1) is 7.84. The maximum absolute atomic E-state index is 12.0. The van der Waals surface area contributed by atoms with Crippen molar-refractivity contribution in [1.29, 1.82) is 0 Å². The summed E-state index contributed by atoms with van der Waals surface area (Å²) in [5.41, 5.74) is 0.347. The lowest BCUT2D eigenvalue weighted by Crippen LogP contribution is -2.38. The van der Waals surface area contributed by atoms with E-state index in [1.807, 2.05) is 10.8 Å². The molecule has 0 radical (unpaired) electrons. The lowest BCUT2D eigenvalue weighted by molar-refractivity contribution is 0.0701. The summed E-state index contributed by atoms with van der Waals surface area (Å²) in [5, 5.41) is 9.84. The van der Waals surface area contributed by atoms with Crippen molar-refractivity contribution in [2.75, 3.05) is 6.54 Å². The Morgan fingerprint density at radius 2 is 2.38 bits per heavy atom. The summed E-state index contributed by atoms with van der Waals surface area (Å²) in [5.74, 6) is 0.797. The Hall–Kier alpha value is -2.18. The fraction of sp³-hybridized carbons (Fsp3) is 0.333. The third-order valence-electron chi connectivity index (χ3n) is 2.67. The highest BCUT2D eigenvalue weighted by molar-refractivity contribution is 5.91. The van der Waals surface area contributed by atoms with E-state index < -0.39 is 0 Å². The van der Waals surface area contributed by atoms with Crippen LogP contribution in [0.5, 0.6) is 0 Å². The van der Waals surface area contributed by atoms with Crippen LogP contribution >= 0.6 is 0 Å². The average molecular weight is 218 g/mol. The van der Waals surface area contributed by atoms with E-state index >= 15 is 0 Å². The molecule has 0 fully saturated rings. The number of hydrogen-bond donors (Lipinski definition) is 1. The highest BCUT2D eigenvalue weighted by Crippen LogP contribution is 2.12. The van der Waals surface area contributed by atoms with E-state index in [2.05, 4.69) is 20.4 Å². The molecule has 3 rings (SSSR count). The number of aromatic nitrogens is 5.